The molecule has 2 rings (SSSR count). The van der Waals surface area contributed by atoms with Crippen LogP contribution in [0.2, 0.25) is 0 Å². The minimum Gasteiger partial charge on any atom is -0.397 e. The number of hydrogen-bond donors (Lipinski definition) is 3. The van der Waals surface area contributed by atoms with Crippen molar-refractivity contribution in [2.75, 3.05) is 17.6 Å². The van der Waals surface area contributed by atoms with Gasteiger partial charge in [-0.1, -0.05) is 27.7 Å². The van der Waals surface area contributed by atoms with Gasteiger partial charge in [0.2, 0.25) is 0 Å². The highest BCUT2D eigenvalue weighted by Crippen LogP contribution is 2.63. The van der Waals surface area contributed by atoms with Crippen LogP contribution in [0.1, 0.15) is 45.0 Å². The van der Waals surface area contributed by atoms with Crippen LogP contribution in [-0.2, 0) is 0 Å². The molecule has 1 aliphatic rings. The SMILES string of the molecule is CCNC(=O)c1ccc(N)c(NC2C(C)(C)C2(C)C)c1. The average molecular weight is 275 g/mol. The van der Waals surface area contributed by atoms with Crippen LogP contribution < -0.4 is 16.4 Å². The summed E-state index contributed by atoms with van der Waals surface area (Å²) in [6, 6.07) is 5.75. The largest absolute Gasteiger partial charge is 0.397 e. The third-order valence-electron chi connectivity index (χ3n) is 4.97. The molecule has 0 unspecified atom stereocenters. The molecule has 1 aromatic rings. The normalized spacial score (nSPS) is 19.4. The van der Waals surface area contributed by atoms with Gasteiger partial charge in [0.15, 0.2) is 0 Å². The van der Waals surface area contributed by atoms with Crippen LogP contribution >= 0.6 is 0 Å². The molecule has 1 amide bonds. The molecule has 0 heterocycles. The second kappa shape index (κ2) is 4.69. The molecule has 0 spiro atoms. The van der Waals surface area contributed by atoms with E-state index >= 15 is 0 Å². The van der Waals surface area contributed by atoms with Crippen LogP contribution in [0.25, 0.3) is 0 Å². The average Bonchev–Trinajstić information content (AvgIpc) is 2.74. The topological polar surface area (TPSA) is 67.2 Å². The predicted octanol–water partition coefficient (Wildman–Crippen LogP) is 2.87. The van der Waals surface area contributed by atoms with Crippen molar-refractivity contribution >= 4 is 17.3 Å². The highest BCUT2D eigenvalue weighted by molar-refractivity contribution is 5.96. The standard InChI is InChI=1S/C16H25N3O/c1-6-18-13(20)10-7-8-11(17)12(9-10)19-14-15(2,3)16(14,4)5/h7-9,14,19H,6,17H2,1-5H3,(H,18,20). The number of rotatable bonds is 4. The van der Waals surface area contributed by atoms with Crippen molar-refractivity contribution in [1.82, 2.24) is 5.32 Å². The Labute approximate surface area is 121 Å². The molecule has 4 heteroatoms. The number of carbonyl (C=O) groups excluding carboxylic acids is 1. The van der Waals surface area contributed by atoms with Gasteiger partial charge in [-0.3, -0.25) is 4.79 Å². The summed E-state index contributed by atoms with van der Waals surface area (Å²) in [6.45, 7) is 11.5. The Kier molecular flexibility index (Phi) is 3.44. The van der Waals surface area contributed by atoms with Gasteiger partial charge < -0.3 is 16.4 Å². The molecule has 110 valence electrons. The van der Waals surface area contributed by atoms with Crippen molar-refractivity contribution in [3.05, 3.63) is 23.8 Å². The summed E-state index contributed by atoms with van der Waals surface area (Å²) in [7, 11) is 0. The Morgan fingerprint density at radius 1 is 1.25 bits per heavy atom. The van der Waals surface area contributed by atoms with Crippen LogP contribution in [0.3, 0.4) is 0 Å². The van der Waals surface area contributed by atoms with Crippen LogP contribution in [0.5, 0.6) is 0 Å². The van der Waals surface area contributed by atoms with Crippen molar-refractivity contribution in [2.24, 2.45) is 10.8 Å². The van der Waals surface area contributed by atoms with Gasteiger partial charge in [0, 0.05) is 18.2 Å². The summed E-state index contributed by atoms with van der Waals surface area (Å²) in [5.74, 6) is -0.0649. The third-order valence-corrected chi connectivity index (χ3v) is 4.97. The van der Waals surface area contributed by atoms with E-state index in [0.29, 0.717) is 23.8 Å². The first-order valence-corrected chi connectivity index (χ1v) is 7.16. The first kappa shape index (κ1) is 14.7. The Bertz CT molecular complexity index is 521. The lowest BCUT2D eigenvalue weighted by molar-refractivity contribution is 0.0956. The maximum atomic E-state index is 11.9. The molecule has 0 aliphatic heterocycles. The van der Waals surface area contributed by atoms with Gasteiger partial charge in [0.05, 0.1) is 11.4 Å². The molecule has 0 saturated heterocycles. The number of carbonyl (C=O) groups is 1. The molecule has 4 nitrogen and oxygen atoms in total. The lowest BCUT2D eigenvalue weighted by Crippen LogP contribution is -2.23. The van der Waals surface area contributed by atoms with Gasteiger partial charge >= 0.3 is 0 Å². The minimum atomic E-state index is -0.0649. The van der Waals surface area contributed by atoms with Gasteiger partial charge in [-0.25, -0.2) is 0 Å². The first-order valence-electron chi connectivity index (χ1n) is 7.16. The van der Waals surface area contributed by atoms with Gasteiger partial charge in [0.25, 0.3) is 5.91 Å². The third kappa shape index (κ3) is 2.23. The molecule has 1 aromatic carbocycles. The molecular weight excluding hydrogens is 250 g/mol. The van der Waals surface area contributed by atoms with E-state index in [1.54, 1.807) is 12.1 Å². The van der Waals surface area contributed by atoms with Crippen LogP contribution in [0.4, 0.5) is 11.4 Å². The van der Waals surface area contributed by atoms with E-state index in [1.165, 1.54) is 0 Å². The summed E-state index contributed by atoms with van der Waals surface area (Å²) in [5.41, 5.74) is 8.63. The van der Waals surface area contributed by atoms with Crippen LogP contribution in [0.15, 0.2) is 18.2 Å². The Hall–Kier alpha value is -1.71. The number of hydrogen-bond acceptors (Lipinski definition) is 3. The molecule has 20 heavy (non-hydrogen) atoms. The molecule has 0 atom stereocenters. The molecule has 4 N–H and O–H groups in total. The summed E-state index contributed by atoms with van der Waals surface area (Å²) < 4.78 is 0. The van der Waals surface area contributed by atoms with Gasteiger partial charge in [0.1, 0.15) is 0 Å². The molecular formula is C16H25N3O. The van der Waals surface area contributed by atoms with Gasteiger partial charge in [-0.2, -0.15) is 0 Å². The molecule has 1 fully saturated rings. The summed E-state index contributed by atoms with van der Waals surface area (Å²) >= 11 is 0. The second-order valence-corrected chi connectivity index (χ2v) is 6.68. The number of amides is 1. The Balaban J connectivity index is 2.21. The van der Waals surface area contributed by atoms with Crippen molar-refractivity contribution in [1.29, 1.82) is 0 Å². The van der Waals surface area contributed by atoms with Crippen molar-refractivity contribution in [3.63, 3.8) is 0 Å². The van der Waals surface area contributed by atoms with E-state index in [-0.39, 0.29) is 16.7 Å². The number of anilines is 2. The lowest BCUT2D eigenvalue weighted by atomic mass is 10.0. The first-order chi connectivity index (χ1) is 9.21. The van der Waals surface area contributed by atoms with E-state index in [4.69, 9.17) is 5.73 Å². The fourth-order valence-electron chi connectivity index (χ4n) is 2.80. The summed E-state index contributed by atoms with van der Waals surface area (Å²) in [6.07, 6.45) is 0. The van der Waals surface area contributed by atoms with Crippen LogP contribution in [0, 0.1) is 10.8 Å². The van der Waals surface area contributed by atoms with Crippen LogP contribution in [-0.4, -0.2) is 18.5 Å². The molecule has 0 radical (unpaired) electrons. The van der Waals surface area contributed by atoms with E-state index < -0.39 is 0 Å². The van der Waals surface area contributed by atoms with Crippen molar-refractivity contribution in [2.45, 2.75) is 40.7 Å². The molecule has 0 aromatic heterocycles. The van der Waals surface area contributed by atoms with E-state index in [9.17, 15) is 4.79 Å². The maximum absolute atomic E-state index is 11.9. The number of nitrogens with one attached hydrogen (secondary N) is 2. The second-order valence-electron chi connectivity index (χ2n) is 6.68. The number of nitrogen functional groups attached to an aromatic ring is 1. The summed E-state index contributed by atoms with van der Waals surface area (Å²) in [5, 5.41) is 6.30. The Morgan fingerprint density at radius 2 is 1.85 bits per heavy atom. The minimum absolute atomic E-state index is 0.0649. The highest BCUT2D eigenvalue weighted by Gasteiger charge is 2.65. The zero-order valence-corrected chi connectivity index (χ0v) is 13.0. The van der Waals surface area contributed by atoms with Gasteiger partial charge in [-0.15, -0.1) is 0 Å². The number of benzene rings is 1. The monoisotopic (exact) mass is 275 g/mol. The zero-order chi connectivity index (χ0) is 15.1. The summed E-state index contributed by atoms with van der Waals surface area (Å²) in [4.78, 5) is 11.9. The van der Waals surface area contributed by atoms with Crippen molar-refractivity contribution in [3.8, 4) is 0 Å². The Morgan fingerprint density at radius 3 is 2.35 bits per heavy atom. The smallest absolute Gasteiger partial charge is 0.251 e. The molecule has 0 bridgehead atoms. The van der Waals surface area contributed by atoms with E-state index in [1.807, 2.05) is 13.0 Å². The lowest BCUT2D eigenvalue weighted by Gasteiger charge is -2.13. The number of nitrogens with two attached hydrogens (primary N) is 1. The predicted molar refractivity (Wildman–Crippen MR) is 83.8 cm³/mol. The van der Waals surface area contributed by atoms with Gasteiger partial charge in [-0.05, 0) is 36.0 Å². The van der Waals surface area contributed by atoms with E-state index in [2.05, 4.69) is 38.3 Å². The zero-order valence-electron chi connectivity index (χ0n) is 13.0. The molecule has 1 saturated carbocycles. The fourth-order valence-corrected chi connectivity index (χ4v) is 2.80. The highest BCUT2D eigenvalue weighted by atomic mass is 16.1. The maximum Gasteiger partial charge on any atom is 0.251 e. The fraction of sp³-hybridized carbons (Fsp3) is 0.562. The quantitative estimate of drug-likeness (QED) is 0.740. The molecule has 1 aliphatic carbocycles. The van der Waals surface area contributed by atoms with Crippen molar-refractivity contribution < 1.29 is 4.79 Å². The van der Waals surface area contributed by atoms with E-state index in [0.717, 1.165) is 5.69 Å².